The van der Waals surface area contributed by atoms with Crippen LogP contribution in [0.3, 0.4) is 0 Å². The van der Waals surface area contributed by atoms with Crippen LogP contribution in [-0.2, 0) is 14.3 Å². The van der Waals surface area contributed by atoms with Crippen molar-refractivity contribution in [2.45, 2.75) is 12.8 Å². The van der Waals surface area contributed by atoms with Crippen LogP contribution in [0.2, 0.25) is 0 Å². The van der Waals surface area contributed by atoms with Gasteiger partial charge in [0.15, 0.2) is 0 Å². The predicted octanol–water partition coefficient (Wildman–Crippen LogP) is 2.43. The van der Waals surface area contributed by atoms with Gasteiger partial charge in [0, 0.05) is 7.05 Å². The molecule has 2 rings (SSSR count). The Morgan fingerprint density at radius 1 is 1.47 bits per heavy atom. The molecule has 6 heteroatoms. The van der Waals surface area contributed by atoms with Crippen LogP contribution in [0.15, 0.2) is 15.9 Å². The van der Waals surface area contributed by atoms with E-state index in [4.69, 9.17) is 4.74 Å². The first-order chi connectivity index (χ1) is 8.01. The highest BCUT2D eigenvalue weighted by Gasteiger charge is 2.59. The predicted molar refractivity (Wildman–Crippen MR) is 69.1 cm³/mol. The van der Waals surface area contributed by atoms with Crippen LogP contribution in [0.5, 0.6) is 0 Å². The second kappa shape index (κ2) is 4.42. The zero-order chi connectivity index (χ0) is 12.6. The normalized spacial score (nSPS) is 16.4. The summed E-state index contributed by atoms with van der Waals surface area (Å²) in [6, 6.07) is 3.72. The molecule has 1 aliphatic carbocycles. The second-order valence-corrected chi connectivity index (χ2v) is 6.46. The lowest BCUT2D eigenvalue weighted by Gasteiger charge is -2.20. The van der Waals surface area contributed by atoms with Crippen molar-refractivity contribution >= 4 is 44.1 Å². The monoisotopic (exact) mass is 317 g/mol. The van der Waals surface area contributed by atoms with Gasteiger partial charge in [0.1, 0.15) is 5.41 Å². The van der Waals surface area contributed by atoms with Crippen molar-refractivity contribution in [2.24, 2.45) is 5.41 Å². The number of esters is 1. The first-order valence-corrected chi connectivity index (χ1v) is 6.74. The summed E-state index contributed by atoms with van der Waals surface area (Å²) < 4.78 is 5.65. The number of halogens is 1. The number of thiophene rings is 1. The largest absolute Gasteiger partial charge is 0.468 e. The van der Waals surface area contributed by atoms with Crippen molar-refractivity contribution in [1.82, 2.24) is 0 Å². The van der Waals surface area contributed by atoms with E-state index in [1.165, 1.54) is 23.3 Å². The summed E-state index contributed by atoms with van der Waals surface area (Å²) in [5, 5.41) is 0.817. The van der Waals surface area contributed by atoms with Gasteiger partial charge in [-0.15, -0.1) is 11.3 Å². The van der Waals surface area contributed by atoms with Gasteiger partial charge >= 0.3 is 5.97 Å². The van der Waals surface area contributed by atoms with E-state index in [1.807, 2.05) is 12.1 Å². The van der Waals surface area contributed by atoms with Crippen molar-refractivity contribution < 1.29 is 14.3 Å². The zero-order valence-electron chi connectivity index (χ0n) is 9.53. The van der Waals surface area contributed by atoms with Crippen molar-refractivity contribution in [3.63, 3.8) is 0 Å². The molecular weight excluding hydrogens is 306 g/mol. The highest BCUT2D eigenvalue weighted by molar-refractivity contribution is 9.11. The van der Waals surface area contributed by atoms with Gasteiger partial charge in [-0.25, -0.2) is 0 Å². The number of amides is 1. The van der Waals surface area contributed by atoms with Crippen LogP contribution >= 0.6 is 27.3 Å². The van der Waals surface area contributed by atoms with Gasteiger partial charge in [-0.3, -0.25) is 9.59 Å². The molecule has 4 nitrogen and oxygen atoms in total. The molecule has 0 N–H and O–H groups in total. The molecule has 0 aromatic carbocycles. The second-order valence-electron chi connectivity index (χ2n) is 4.02. The van der Waals surface area contributed by atoms with Crippen LogP contribution in [0.4, 0.5) is 5.00 Å². The molecule has 0 unspecified atom stereocenters. The first kappa shape index (κ1) is 12.6. The molecule has 0 bridgehead atoms. The maximum Gasteiger partial charge on any atom is 0.321 e. The Balaban J connectivity index is 2.18. The molecule has 1 amide bonds. The number of hydrogen-bond acceptors (Lipinski definition) is 4. The van der Waals surface area contributed by atoms with Crippen LogP contribution in [0.25, 0.3) is 0 Å². The van der Waals surface area contributed by atoms with Gasteiger partial charge in [-0.05, 0) is 40.9 Å². The maximum absolute atomic E-state index is 12.3. The molecule has 0 atom stereocenters. The number of ether oxygens (including phenoxy) is 1. The fraction of sp³-hybridized carbons (Fsp3) is 0.455. The van der Waals surface area contributed by atoms with Gasteiger partial charge in [0.05, 0.1) is 15.9 Å². The molecule has 1 aromatic heterocycles. The SMILES string of the molecule is COC(=O)C1(C(=O)N(C)c2ccc(Br)s2)CC1. The number of nitrogens with zero attached hydrogens (tertiary/aromatic N) is 1. The summed E-state index contributed by atoms with van der Waals surface area (Å²) in [6.07, 6.45) is 1.16. The average molecular weight is 318 g/mol. The smallest absolute Gasteiger partial charge is 0.321 e. The molecule has 1 aliphatic rings. The molecule has 0 saturated heterocycles. The molecule has 1 saturated carbocycles. The fourth-order valence-electron chi connectivity index (χ4n) is 1.73. The molecule has 92 valence electrons. The number of rotatable bonds is 3. The lowest BCUT2D eigenvalue weighted by molar-refractivity contribution is -0.151. The zero-order valence-corrected chi connectivity index (χ0v) is 11.9. The minimum absolute atomic E-state index is 0.182. The van der Waals surface area contributed by atoms with Crippen molar-refractivity contribution in [2.75, 3.05) is 19.1 Å². The van der Waals surface area contributed by atoms with E-state index in [1.54, 1.807) is 7.05 Å². The van der Waals surface area contributed by atoms with E-state index in [0.29, 0.717) is 12.8 Å². The Hall–Kier alpha value is -0.880. The van der Waals surface area contributed by atoms with Crippen molar-refractivity contribution in [1.29, 1.82) is 0 Å². The molecule has 0 radical (unpaired) electrons. The number of hydrogen-bond donors (Lipinski definition) is 0. The Morgan fingerprint density at radius 3 is 2.53 bits per heavy atom. The van der Waals surface area contributed by atoms with E-state index in [9.17, 15) is 9.59 Å². The van der Waals surface area contributed by atoms with E-state index in [2.05, 4.69) is 15.9 Å². The summed E-state index contributed by atoms with van der Waals surface area (Å²) in [6.45, 7) is 0. The molecule has 0 aliphatic heterocycles. The molecule has 1 fully saturated rings. The summed E-state index contributed by atoms with van der Waals surface area (Å²) in [7, 11) is 3.00. The van der Waals surface area contributed by atoms with Crippen molar-refractivity contribution in [3.05, 3.63) is 15.9 Å². The highest BCUT2D eigenvalue weighted by Crippen LogP contribution is 2.49. The van der Waals surface area contributed by atoms with Crippen LogP contribution in [0, 0.1) is 5.41 Å². The topological polar surface area (TPSA) is 46.6 Å². The van der Waals surface area contributed by atoms with E-state index in [0.717, 1.165) is 8.79 Å². The van der Waals surface area contributed by atoms with Gasteiger partial charge in [0.2, 0.25) is 5.91 Å². The van der Waals surface area contributed by atoms with Gasteiger partial charge in [-0.1, -0.05) is 0 Å². The standard InChI is InChI=1S/C11H12BrNO3S/c1-13(8-4-3-7(12)17-8)9(14)11(5-6-11)10(15)16-2/h3-4H,5-6H2,1-2H3. The van der Waals surface area contributed by atoms with Crippen molar-refractivity contribution in [3.8, 4) is 0 Å². The summed E-state index contributed by atoms with van der Waals surface area (Å²) in [5.74, 6) is -0.608. The highest BCUT2D eigenvalue weighted by atomic mass is 79.9. The molecule has 17 heavy (non-hydrogen) atoms. The minimum atomic E-state index is -0.931. The Kier molecular flexibility index (Phi) is 3.27. The lowest BCUT2D eigenvalue weighted by Crippen LogP contribution is -2.38. The van der Waals surface area contributed by atoms with E-state index in [-0.39, 0.29) is 5.91 Å². The van der Waals surface area contributed by atoms with Gasteiger partial charge < -0.3 is 9.64 Å². The molecular formula is C11H12BrNO3S. The van der Waals surface area contributed by atoms with Crippen LogP contribution in [-0.4, -0.2) is 26.0 Å². The van der Waals surface area contributed by atoms with E-state index < -0.39 is 11.4 Å². The van der Waals surface area contributed by atoms with Gasteiger partial charge in [-0.2, -0.15) is 0 Å². The number of methoxy groups -OCH3 is 1. The molecule has 0 spiro atoms. The minimum Gasteiger partial charge on any atom is -0.468 e. The quantitative estimate of drug-likeness (QED) is 0.635. The Labute approximate surface area is 112 Å². The molecule has 1 aromatic rings. The third-order valence-electron chi connectivity index (χ3n) is 2.93. The van der Waals surface area contributed by atoms with Crippen LogP contribution < -0.4 is 4.90 Å². The number of anilines is 1. The maximum atomic E-state index is 12.3. The summed E-state index contributed by atoms with van der Waals surface area (Å²) >= 11 is 4.80. The van der Waals surface area contributed by atoms with Gasteiger partial charge in [0.25, 0.3) is 0 Å². The first-order valence-electron chi connectivity index (χ1n) is 5.13. The summed E-state index contributed by atoms with van der Waals surface area (Å²) in [4.78, 5) is 25.4. The average Bonchev–Trinajstić information content (AvgIpc) is 3.03. The van der Waals surface area contributed by atoms with Crippen LogP contribution in [0.1, 0.15) is 12.8 Å². The number of carbonyl (C=O) groups excluding carboxylic acids is 2. The fourth-order valence-corrected chi connectivity index (χ4v) is 3.05. The van der Waals surface area contributed by atoms with E-state index >= 15 is 0 Å². The number of carbonyl (C=O) groups is 2. The Bertz CT molecular complexity index is 467. The summed E-state index contributed by atoms with van der Waals surface area (Å²) in [5.41, 5.74) is -0.931. The third-order valence-corrected chi connectivity index (χ3v) is 4.63. The lowest BCUT2D eigenvalue weighted by atomic mass is 10.1. The Morgan fingerprint density at radius 2 is 2.12 bits per heavy atom. The third kappa shape index (κ3) is 2.11. The molecule has 1 heterocycles.